The lowest BCUT2D eigenvalue weighted by Gasteiger charge is -2.37. The first-order chi connectivity index (χ1) is 6.79. The zero-order chi connectivity index (χ0) is 10.4. The molecule has 2 unspecified atom stereocenters. The Hall–Kier alpha value is -0.330. The van der Waals surface area contributed by atoms with Crippen molar-refractivity contribution in [3.63, 3.8) is 0 Å². The van der Waals surface area contributed by atoms with Crippen molar-refractivity contribution in [1.29, 1.82) is 0 Å². The van der Waals surface area contributed by atoms with Crippen molar-refractivity contribution in [2.45, 2.75) is 65.2 Å². The van der Waals surface area contributed by atoms with E-state index in [0.29, 0.717) is 5.92 Å². The van der Waals surface area contributed by atoms with E-state index in [2.05, 4.69) is 13.8 Å². The van der Waals surface area contributed by atoms with Gasteiger partial charge in [-0.3, -0.25) is 0 Å². The summed E-state index contributed by atoms with van der Waals surface area (Å²) in [5, 5.41) is 0. The highest BCUT2D eigenvalue weighted by Gasteiger charge is 2.35. The van der Waals surface area contributed by atoms with Crippen LogP contribution in [0.3, 0.4) is 0 Å². The van der Waals surface area contributed by atoms with Gasteiger partial charge in [-0.1, -0.05) is 46.0 Å². The summed E-state index contributed by atoms with van der Waals surface area (Å²) in [4.78, 5) is 11.3. The number of aldehydes is 1. The predicted molar refractivity (Wildman–Crippen MR) is 60.3 cm³/mol. The van der Waals surface area contributed by atoms with E-state index in [0.717, 1.165) is 12.8 Å². The van der Waals surface area contributed by atoms with Gasteiger partial charge in [0, 0.05) is 5.41 Å². The Morgan fingerprint density at radius 1 is 1.21 bits per heavy atom. The quantitative estimate of drug-likeness (QED) is 0.624. The van der Waals surface area contributed by atoms with Crippen molar-refractivity contribution in [2.75, 3.05) is 0 Å². The zero-order valence-electron chi connectivity index (χ0n) is 9.72. The first-order valence-electron chi connectivity index (χ1n) is 6.25. The molecule has 0 aromatic heterocycles. The molecule has 0 aromatic carbocycles. The van der Waals surface area contributed by atoms with Gasteiger partial charge in [0.2, 0.25) is 0 Å². The molecule has 1 saturated carbocycles. The largest absolute Gasteiger partial charge is 0.303 e. The Bertz CT molecular complexity index is 176. The fraction of sp³-hybridized carbons (Fsp3) is 0.923. The van der Waals surface area contributed by atoms with Gasteiger partial charge < -0.3 is 4.79 Å². The summed E-state index contributed by atoms with van der Waals surface area (Å²) >= 11 is 0. The van der Waals surface area contributed by atoms with Gasteiger partial charge in [-0.15, -0.1) is 0 Å². The smallest absolute Gasteiger partial charge is 0.126 e. The minimum atomic E-state index is 0.0230. The molecule has 0 bridgehead atoms. The maximum atomic E-state index is 11.3. The monoisotopic (exact) mass is 196 g/mol. The van der Waals surface area contributed by atoms with Crippen LogP contribution in [0.5, 0.6) is 0 Å². The van der Waals surface area contributed by atoms with E-state index >= 15 is 0 Å². The SMILES string of the molecule is CCC1CCCCCCC1(C=O)CC. The van der Waals surface area contributed by atoms with Gasteiger partial charge in [0.15, 0.2) is 0 Å². The Labute approximate surface area is 88.3 Å². The highest BCUT2D eigenvalue weighted by atomic mass is 16.1. The molecule has 0 heterocycles. The van der Waals surface area contributed by atoms with Crippen molar-refractivity contribution in [3.05, 3.63) is 0 Å². The second-order valence-electron chi connectivity index (χ2n) is 4.76. The summed E-state index contributed by atoms with van der Waals surface area (Å²) in [6.45, 7) is 4.42. The Morgan fingerprint density at radius 2 is 1.93 bits per heavy atom. The van der Waals surface area contributed by atoms with Crippen molar-refractivity contribution < 1.29 is 4.79 Å². The van der Waals surface area contributed by atoms with E-state index in [1.807, 2.05) is 0 Å². The molecule has 0 N–H and O–H groups in total. The lowest BCUT2D eigenvalue weighted by atomic mass is 9.67. The molecule has 82 valence electrons. The molecule has 1 aliphatic rings. The molecule has 1 fully saturated rings. The van der Waals surface area contributed by atoms with E-state index < -0.39 is 0 Å². The maximum Gasteiger partial charge on any atom is 0.126 e. The van der Waals surface area contributed by atoms with Crippen molar-refractivity contribution in [2.24, 2.45) is 11.3 Å². The van der Waals surface area contributed by atoms with Crippen molar-refractivity contribution in [3.8, 4) is 0 Å². The predicted octanol–water partition coefficient (Wildman–Crippen LogP) is 3.96. The van der Waals surface area contributed by atoms with E-state index in [9.17, 15) is 4.79 Å². The number of carbonyl (C=O) groups is 1. The molecule has 0 spiro atoms. The molecule has 0 radical (unpaired) electrons. The third kappa shape index (κ3) is 2.37. The molecule has 0 saturated heterocycles. The molecule has 1 heteroatoms. The van der Waals surface area contributed by atoms with Crippen LogP contribution in [0.1, 0.15) is 65.2 Å². The van der Waals surface area contributed by atoms with E-state index in [-0.39, 0.29) is 5.41 Å². The molecule has 1 aliphatic carbocycles. The van der Waals surface area contributed by atoms with Crippen LogP contribution in [0.2, 0.25) is 0 Å². The lowest BCUT2D eigenvalue weighted by Crippen LogP contribution is -2.32. The lowest BCUT2D eigenvalue weighted by molar-refractivity contribution is -0.120. The first kappa shape index (κ1) is 11.7. The normalized spacial score (nSPS) is 34.6. The van der Waals surface area contributed by atoms with Crippen LogP contribution in [0.4, 0.5) is 0 Å². The first-order valence-corrected chi connectivity index (χ1v) is 6.25. The molecular formula is C13H24O. The van der Waals surface area contributed by atoms with Gasteiger partial charge in [-0.2, -0.15) is 0 Å². The Morgan fingerprint density at radius 3 is 2.50 bits per heavy atom. The van der Waals surface area contributed by atoms with E-state index in [4.69, 9.17) is 0 Å². The van der Waals surface area contributed by atoms with Gasteiger partial charge in [-0.05, 0) is 25.2 Å². The average molecular weight is 196 g/mol. The summed E-state index contributed by atoms with van der Waals surface area (Å²) in [6, 6.07) is 0. The van der Waals surface area contributed by atoms with Gasteiger partial charge in [0.25, 0.3) is 0 Å². The molecular weight excluding hydrogens is 172 g/mol. The summed E-state index contributed by atoms with van der Waals surface area (Å²) < 4.78 is 0. The van der Waals surface area contributed by atoms with E-state index in [1.165, 1.54) is 44.8 Å². The van der Waals surface area contributed by atoms with Crippen LogP contribution < -0.4 is 0 Å². The highest BCUT2D eigenvalue weighted by Crippen LogP contribution is 2.41. The fourth-order valence-electron chi connectivity index (χ4n) is 3.00. The van der Waals surface area contributed by atoms with Crippen LogP contribution in [0.15, 0.2) is 0 Å². The Kier molecular flexibility index (Phi) is 4.64. The second kappa shape index (κ2) is 5.53. The van der Waals surface area contributed by atoms with E-state index in [1.54, 1.807) is 0 Å². The third-order valence-electron chi connectivity index (χ3n) is 4.14. The van der Waals surface area contributed by atoms with Gasteiger partial charge >= 0.3 is 0 Å². The summed E-state index contributed by atoms with van der Waals surface area (Å²) in [7, 11) is 0. The average Bonchev–Trinajstić information content (AvgIpc) is 2.19. The number of rotatable bonds is 3. The number of carbonyl (C=O) groups excluding carboxylic acids is 1. The third-order valence-corrected chi connectivity index (χ3v) is 4.14. The number of hydrogen-bond acceptors (Lipinski definition) is 1. The minimum absolute atomic E-state index is 0.0230. The van der Waals surface area contributed by atoms with Crippen molar-refractivity contribution in [1.82, 2.24) is 0 Å². The zero-order valence-corrected chi connectivity index (χ0v) is 9.72. The molecule has 0 amide bonds. The van der Waals surface area contributed by atoms with Crippen LogP contribution in [0.25, 0.3) is 0 Å². The molecule has 14 heavy (non-hydrogen) atoms. The molecule has 1 rings (SSSR count). The summed E-state index contributed by atoms with van der Waals surface area (Å²) in [6.07, 6.45) is 11.2. The topological polar surface area (TPSA) is 17.1 Å². The molecule has 1 nitrogen and oxygen atoms in total. The van der Waals surface area contributed by atoms with Crippen molar-refractivity contribution >= 4 is 6.29 Å². The van der Waals surface area contributed by atoms with Gasteiger partial charge in [0.05, 0.1) is 0 Å². The highest BCUT2D eigenvalue weighted by molar-refractivity contribution is 5.59. The molecule has 2 atom stereocenters. The molecule has 0 aliphatic heterocycles. The van der Waals surface area contributed by atoms with Gasteiger partial charge in [0.1, 0.15) is 6.29 Å². The second-order valence-corrected chi connectivity index (χ2v) is 4.76. The van der Waals surface area contributed by atoms with Crippen LogP contribution in [-0.2, 0) is 4.79 Å². The maximum absolute atomic E-state index is 11.3. The summed E-state index contributed by atoms with van der Waals surface area (Å²) in [5.41, 5.74) is 0.0230. The van der Waals surface area contributed by atoms with Crippen LogP contribution >= 0.6 is 0 Å². The summed E-state index contributed by atoms with van der Waals surface area (Å²) in [5.74, 6) is 0.644. The van der Waals surface area contributed by atoms with Crippen LogP contribution in [-0.4, -0.2) is 6.29 Å². The van der Waals surface area contributed by atoms with Gasteiger partial charge in [-0.25, -0.2) is 0 Å². The fourth-order valence-corrected chi connectivity index (χ4v) is 3.00. The number of hydrogen-bond donors (Lipinski definition) is 0. The molecule has 0 aromatic rings. The van der Waals surface area contributed by atoms with Crippen LogP contribution in [0, 0.1) is 11.3 Å². The minimum Gasteiger partial charge on any atom is -0.303 e. The standard InChI is InChI=1S/C13H24O/c1-3-12-9-7-5-6-8-10-13(12,4-2)11-14/h11-12H,3-10H2,1-2H3. The Balaban J connectivity index is 2.75.